The Morgan fingerprint density at radius 3 is 2.08 bits per heavy atom. The van der Waals surface area contributed by atoms with E-state index in [-0.39, 0.29) is 16.9 Å². The second-order valence-electron chi connectivity index (χ2n) is 7.70. The van der Waals surface area contributed by atoms with E-state index in [0.717, 1.165) is 16.7 Å². The highest BCUT2D eigenvalue weighted by molar-refractivity contribution is 5.79. The number of rotatable bonds is 3. The van der Waals surface area contributed by atoms with Gasteiger partial charge >= 0.3 is 0 Å². The van der Waals surface area contributed by atoms with Crippen molar-refractivity contribution in [3.8, 4) is 28.4 Å². The van der Waals surface area contributed by atoms with Gasteiger partial charge in [-0.15, -0.1) is 0 Å². The number of hydrogen-bond acceptors (Lipinski definition) is 3. The van der Waals surface area contributed by atoms with Gasteiger partial charge in [0, 0.05) is 16.7 Å². The molecule has 2 aromatic rings. The van der Waals surface area contributed by atoms with Crippen molar-refractivity contribution in [3.63, 3.8) is 0 Å². The number of ether oxygens (including phenoxy) is 1. The van der Waals surface area contributed by atoms with Gasteiger partial charge in [0.05, 0.1) is 7.11 Å². The lowest BCUT2D eigenvalue weighted by Gasteiger charge is -2.24. The van der Waals surface area contributed by atoms with E-state index in [1.807, 2.05) is 39.8 Å². The summed E-state index contributed by atoms with van der Waals surface area (Å²) in [5.41, 5.74) is 3.98. The zero-order chi connectivity index (χ0) is 18.2. The number of aryl methyl sites for hydroxylation is 1. The van der Waals surface area contributed by atoms with Crippen LogP contribution >= 0.6 is 0 Å². The quantitative estimate of drug-likeness (QED) is 0.782. The zero-order valence-electron chi connectivity index (χ0n) is 15.7. The van der Waals surface area contributed by atoms with Crippen LogP contribution in [-0.2, 0) is 5.41 Å². The first-order chi connectivity index (χ1) is 11.1. The normalized spacial score (nSPS) is 11.8. The molecule has 0 spiro atoms. The maximum Gasteiger partial charge on any atom is 0.127 e. The van der Waals surface area contributed by atoms with Crippen LogP contribution in [0.3, 0.4) is 0 Å². The molecule has 2 rings (SSSR count). The van der Waals surface area contributed by atoms with Crippen molar-refractivity contribution in [1.29, 1.82) is 0 Å². The molecule has 130 valence electrons. The third kappa shape index (κ3) is 3.35. The Morgan fingerprint density at radius 1 is 0.958 bits per heavy atom. The number of phenolic OH excluding ortho intramolecular Hbond substituents is 2. The number of hydrogen-bond donors (Lipinski definition) is 2. The first kappa shape index (κ1) is 18.2. The van der Waals surface area contributed by atoms with Gasteiger partial charge in [0.1, 0.15) is 17.2 Å². The molecule has 3 heteroatoms. The third-order valence-corrected chi connectivity index (χ3v) is 4.42. The average Bonchev–Trinajstić information content (AvgIpc) is 2.46. The van der Waals surface area contributed by atoms with Crippen LogP contribution in [0.2, 0.25) is 0 Å². The SMILES string of the molecule is COc1cc(-c2cc(C(C)C)c(C)cc2O)c(O)c(C(C)(C)C)c1. The number of benzene rings is 2. The van der Waals surface area contributed by atoms with Gasteiger partial charge in [0.2, 0.25) is 0 Å². The van der Waals surface area contributed by atoms with Crippen LogP contribution in [-0.4, -0.2) is 17.3 Å². The van der Waals surface area contributed by atoms with Gasteiger partial charge in [0.25, 0.3) is 0 Å². The monoisotopic (exact) mass is 328 g/mol. The summed E-state index contributed by atoms with van der Waals surface area (Å²) < 4.78 is 5.42. The summed E-state index contributed by atoms with van der Waals surface area (Å²) in [5, 5.41) is 21.3. The summed E-state index contributed by atoms with van der Waals surface area (Å²) in [7, 11) is 1.61. The van der Waals surface area contributed by atoms with Crippen LogP contribution in [0.1, 0.15) is 57.2 Å². The van der Waals surface area contributed by atoms with Crippen LogP contribution < -0.4 is 4.74 Å². The van der Waals surface area contributed by atoms with Crippen molar-refractivity contribution in [3.05, 3.63) is 41.0 Å². The summed E-state index contributed by atoms with van der Waals surface area (Å²) in [5.74, 6) is 1.36. The zero-order valence-corrected chi connectivity index (χ0v) is 15.7. The van der Waals surface area contributed by atoms with Gasteiger partial charge in [-0.05, 0) is 53.6 Å². The van der Waals surface area contributed by atoms with Crippen LogP contribution in [0, 0.1) is 6.92 Å². The Hall–Kier alpha value is -2.16. The van der Waals surface area contributed by atoms with E-state index >= 15 is 0 Å². The topological polar surface area (TPSA) is 49.7 Å². The van der Waals surface area contributed by atoms with Crippen molar-refractivity contribution in [2.75, 3.05) is 7.11 Å². The Kier molecular flexibility index (Phi) is 4.84. The second kappa shape index (κ2) is 6.39. The smallest absolute Gasteiger partial charge is 0.127 e. The first-order valence-corrected chi connectivity index (χ1v) is 8.31. The first-order valence-electron chi connectivity index (χ1n) is 8.31. The van der Waals surface area contributed by atoms with Gasteiger partial charge in [-0.2, -0.15) is 0 Å². The lowest BCUT2D eigenvalue weighted by atomic mass is 9.83. The van der Waals surface area contributed by atoms with E-state index in [1.54, 1.807) is 19.2 Å². The summed E-state index contributed by atoms with van der Waals surface area (Å²) in [6.45, 7) is 12.4. The van der Waals surface area contributed by atoms with E-state index in [0.29, 0.717) is 22.8 Å². The number of phenols is 2. The van der Waals surface area contributed by atoms with Gasteiger partial charge in [-0.1, -0.05) is 34.6 Å². The minimum Gasteiger partial charge on any atom is -0.507 e. The fraction of sp³-hybridized carbons (Fsp3) is 0.429. The molecule has 0 saturated heterocycles. The van der Waals surface area contributed by atoms with Crippen molar-refractivity contribution in [2.45, 2.75) is 52.9 Å². The highest BCUT2D eigenvalue weighted by Crippen LogP contribution is 2.45. The molecule has 0 saturated carbocycles. The van der Waals surface area contributed by atoms with E-state index in [9.17, 15) is 10.2 Å². The Labute approximate surface area is 144 Å². The Morgan fingerprint density at radius 2 is 1.58 bits per heavy atom. The molecule has 0 bridgehead atoms. The van der Waals surface area contributed by atoms with Crippen molar-refractivity contribution < 1.29 is 14.9 Å². The predicted octanol–water partition coefficient (Wildman–Crippen LogP) is 5.50. The van der Waals surface area contributed by atoms with E-state index in [4.69, 9.17) is 4.74 Å². The molecular formula is C21H28O3. The van der Waals surface area contributed by atoms with Crippen molar-refractivity contribution in [1.82, 2.24) is 0 Å². The molecule has 0 radical (unpaired) electrons. The average molecular weight is 328 g/mol. The third-order valence-electron chi connectivity index (χ3n) is 4.42. The van der Waals surface area contributed by atoms with Crippen LogP contribution in [0.25, 0.3) is 11.1 Å². The van der Waals surface area contributed by atoms with Crippen molar-refractivity contribution in [2.24, 2.45) is 0 Å². The van der Waals surface area contributed by atoms with Crippen LogP contribution in [0.5, 0.6) is 17.2 Å². The molecule has 0 aromatic heterocycles. The highest BCUT2D eigenvalue weighted by atomic mass is 16.5. The van der Waals surface area contributed by atoms with E-state index in [1.165, 1.54) is 0 Å². The molecular weight excluding hydrogens is 300 g/mol. The minimum absolute atomic E-state index is 0.167. The molecule has 24 heavy (non-hydrogen) atoms. The standard InChI is InChI=1S/C21H28O3/c1-12(2)15-11-16(19(22)8-13(15)3)17-9-14(24-7)10-18(20(17)23)21(4,5)6/h8-12,22-23H,1-7H3. The van der Waals surface area contributed by atoms with Gasteiger partial charge < -0.3 is 14.9 Å². The van der Waals surface area contributed by atoms with Gasteiger partial charge in [-0.3, -0.25) is 0 Å². The molecule has 2 N–H and O–H groups in total. The molecule has 0 aliphatic rings. The molecule has 2 aromatic carbocycles. The molecule has 0 aliphatic carbocycles. The Bertz CT molecular complexity index is 753. The molecule has 0 atom stereocenters. The maximum absolute atomic E-state index is 10.9. The summed E-state index contributed by atoms with van der Waals surface area (Å²) in [6.07, 6.45) is 0. The van der Waals surface area contributed by atoms with Gasteiger partial charge in [-0.25, -0.2) is 0 Å². The minimum atomic E-state index is -0.242. The van der Waals surface area contributed by atoms with Crippen molar-refractivity contribution >= 4 is 0 Å². The fourth-order valence-electron chi connectivity index (χ4n) is 3.05. The van der Waals surface area contributed by atoms with Crippen LogP contribution in [0.4, 0.5) is 0 Å². The molecule has 3 nitrogen and oxygen atoms in total. The van der Waals surface area contributed by atoms with Crippen LogP contribution in [0.15, 0.2) is 24.3 Å². The molecule has 0 aliphatic heterocycles. The molecule has 0 unspecified atom stereocenters. The highest BCUT2D eigenvalue weighted by Gasteiger charge is 2.24. The lowest BCUT2D eigenvalue weighted by Crippen LogP contribution is -2.12. The summed E-state index contributed by atoms with van der Waals surface area (Å²) in [6, 6.07) is 7.36. The fourth-order valence-corrected chi connectivity index (χ4v) is 3.05. The molecule has 0 fully saturated rings. The predicted molar refractivity (Wildman–Crippen MR) is 99.3 cm³/mol. The Balaban J connectivity index is 2.80. The maximum atomic E-state index is 10.9. The largest absolute Gasteiger partial charge is 0.507 e. The molecule has 0 amide bonds. The second-order valence-corrected chi connectivity index (χ2v) is 7.70. The lowest BCUT2D eigenvalue weighted by molar-refractivity contribution is 0.406. The molecule has 0 heterocycles. The number of aromatic hydroxyl groups is 2. The van der Waals surface area contributed by atoms with Gasteiger partial charge in [0.15, 0.2) is 0 Å². The van der Waals surface area contributed by atoms with E-state index in [2.05, 4.69) is 13.8 Å². The summed E-state index contributed by atoms with van der Waals surface area (Å²) >= 11 is 0. The number of methoxy groups -OCH3 is 1. The van der Waals surface area contributed by atoms with E-state index < -0.39 is 0 Å². The summed E-state index contributed by atoms with van der Waals surface area (Å²) in [4.78, 5) is 0.